The first kappa shape index (κ1) is 12.4. The lowest BCUT2D eigenvalue weighted by Gasteiger charge is -2.07. The zero-order valence-corrected chi connectivity index (χ0v) is 8.72. The van der Waals surface area contributed by atoms with Gasteiger partial charge in [0.25, 0.3) is 0 Å². The number of ether oxygens (including phenoxy) is 1. The second-order valence-corrected chi connectivity index (χ2v) is 3.36. The van der Waals surface area contributed by atoms with Crippen LogP contribution in [0, 0.1) is 15.9 Å². The summed E-state index contributed by atoms with van der Waals surface area (Å²) in [6, 6.07) is 3.33. The van der Waals surface area contributed by atoms with E-state index in [1.807, 2.05) is 0 Å². The number of nitrogens with zero attached hydrogens (tertiary/aromatic N) is 1. The molecule has 1 aromatic carbocycles. The smallest absolute Gasteiger partial charge is 0.305 e. The molecular formula is C10H12FNO4. The number of aliphatic hydroxyl groups is 1. The Morgan fingerprint density at radius 1 is 1.62 bits per heavy atom. The Labute approximate surface area is 91.6 Å². The fraction of sp³-hybridized carbons (Fsp3) is 0.400. The van der Waals surface area contributed by atoms with E-state index in [2.05, 4.69) is 0 Å². The molecule has 1 rings (SSSR count). The summed E-state index contributed by atoms with van der Waals surface area (Å²) in [5.41, 5.74) is -0.581. The topological polar surface area (TPSA) is 72.6 Å². The van der Waals surface area contributed by atoms with E-state index in [1.165, 1.54) is 6.07 Å². The maximum atomic E-state index is 13.1. The quantitative estimate of drug-likeness (QED) is 0.618. The highest BCUT2D eigenvalue weighted by atomic mass is 19.1. The number of nitro benzene ring substituents is 1. The SMILES string of the molecule is CC(O)CCOc1ccc([N+](=O)[O-])c(F)c1. The van der Waals surface area contributed by atoms with Gasteiger partial charge in [-0.25, -0.2) is 0 Å². The summed E-state index contributed by atoms with van der Waals surface area (Å²) in [6.45, 7) is 1.84. The van der Waals surface area contributed by atoms with Gasteiger partial charge in [0.2, 0.25) is 5.82 Å². The standard InChI is InChI=1S/C10H12FNO4/c1-7(13)4-5-16-8-2-3-10(12(14)15)9(11)6-8/h2-3,6-7,13H,4-5H2,1H3. The maximum absolute atomic E-state index is 13.1. The minimum absolute atomic E-state index is 0.212. The molecule has 1 N–H and O–H groups in total. The summed E-state index contributed by atoms with van der Waals surface area (Å²) >= 11 is 0. The molecule has 0 aliphatic rings. The fourth-order valence-corrected chi connectivity index (χ4v) is 1.07. The van der Waals surface area contributed by atoms with Gasteiger partial charge in [0, 0.05) is 18.6 Å². The molecule has 0 fully saturated rings. The molecule has 16 heavy (non-hydrogen) atoms. The van der Waals surface area contributed by atoms with Crippen LogP contribution in [0.2, 0.25) is 0 Å². The van der Waals surface area contributed by atoms with Crippen LogP contribution in [-0.4, -0.2) is 22.7 Å². The van der Waals surface area contributed by atoms with Crippen molar-refractivity contribution in [2.75, 3.05) is 6.61 Å². The van der Waals surface area contributed by atoms with Crippen LogP contribution in [0.4, 0.5) is 10.1 Å². The fourth-order valence-electron chi connectivity index (χ4n) is 1.07. The second-order valence-electron chi connectivity index (χ2n) is 3.36. The first-order valence-electron chi connectivity index (χ1n) is 4.75. The van der Waals surface area contributed by atoms with Gasteiger partial charge in [-0.1, -0.05) is 0 Å². The Hall–Kier alpha value is -1.69. The number of hydrogen-bond acceptors (Lipinski definition) is 4. The van der Waals surface area contributed by atoms with Crippen LogP contribution in [0.1, 0.15) is 13.3 Å². The lowest BCUT2D eigenvalue weighted by atomic mass is 10.3. The van der Waals surface area contributed by atoms with Crippen molar-refractivity contribution in [2.24, 2.45) is 0 Å². The summed E-state index contributed by atoms with van der Waals surface area (Å²) in [7, 11) is 0. The van der Waals surface area contributed by atoms with Crippen LogP contribution in [0.25, 0.3) is 0 Å². The highest BCUT2D eigenvalue weighted by molar-refractivity contribution is 5.37. The Morgan fingerprint density at radius 2 is 2.31 bits per heavy atom. The molecule has 0 radical (unpaired) electrons. The molecule has 88 valence electrons. The van der Waals surface area contributed by atoms with Gasteiger partial charge in [0.1, 0.15) is 5.75 Å². The number of nitro groups is 1. The normalized spacial score (nSPS) is 12.2. The molecular weight excluding hydrogens is 217 g/mol. The molecule has 0 spiro atoms. The molecule has 0 bridgehead atoms. The van der Waals surface area contributed by atoms with E-state index in [0.29, 0.717) is 6.42 Å². The minimum atomic E-state index is -0.931. The van der Waals surface area contributed by atoms with Crippen molar-refractivity contribution in [1.82, 2.24) is 0 Å². The van der Waals surface area contributed by atoms with E-state index in [4.69, 9.17) is 9.84 Å². The zero-order valence-electron chi connectivity index (χ0n) is 8.72. The third-order valence-electron chi connectivity index (χ3n) is 1.92. The molecule has 5 nitrogen and oxygen atoms in total. The van der Waals surface area contributed by atoms with E-state index < -0.39 is 22.5 Å². The number of rotatable bonds is 5. The third-order valence-corrected chi connectivity index (χ3v) is 1.92. The average molecular weight is 229 g/mol. The van der Waals surface area contributed by atoms with Crippen molar-refractivity contribution in [2.45, 2.75) is 19.4 Å². The van der Waals surface area contributed by atoms with Gasteiger partial charge in [-0.05, 0) is 13.0 Å². The Kier molecular flexibility index (Phi) is 4.19. The van der Waals surface area contributed by atoms with Crippen LogP contribution in [0.5, 0.6) is 5.75 Å². The molecule has 1 atom stereocenters. The second kappa shape index (κ2) is 5.41. The minimum Gasteiger partial charge on any atom is -0.493 e. The van der Waals surface area contributed by atoms with Crippen molar-refractivity contribution < 1.29 is 19.2 Å². The van der Waals surface area contributed by atoms with Gasteiger partial charge in [-0.2, -0.15) is 4.39 Å². The highest BCUT2D eigenvalue weighted by Gasteiger charge is 2.14. The molecule has 0 aliphatic heterocycles. The summed E-state index contributed by atoms with van der Waals surface area (Å²) in [6.07, 6.45) is -0.0820. The van der Waals surface area contributed by atoms with Crippen LogP contribution >= 0.6 is 0 Å². The summed E-state index contributed by atoms with van der Waals surface area (Å²) < 4.78 is 18.2. The number of aliphatic hydroxyl groups excluding tert-OH is 1. The van der Waals surface area contributed by atoms with Gasteiger partial charge in [-0.3, -0.25) is 10.1 Å². The van der Waals surface area contributed by atoms with Crippen molar-refractivity contribution in [3.05, 3.63) is 34.1 Å². The highest BCUT2D eigenvalue weighted by Crippen LogP contribution is 2.22. The van der Waals surface area contributed by atoms with E-state index >= 15 is 0 Å². The van der Waals surface area contributed by atoms with Gasteiger partial charge >= 0.3 is 5.69 Å². The van der Waals surface area contributed by atoms with Crippen LogP contribution < -0.4 is 4.74 Å². The molecule has 0 saturated heterocycles. The first-order chi connectivity index (χ1) is 7.50. The van der Waals surface area contributed by atoms with E-state index in [9.17, 15) is 14.5 Å². The molecule has 0 heterocycles. The predicted octanol–water partition coefficient (Wildman–Crippen LogP) is 1.88. The van der Waals surface area contributed by atoms with Crippen molar-refractivity contribution in [1.29, 1.82) is 0 Å². The van der Waals surface area contributed by atoms with E-state index in [-0.39, 0.29) is 12.4 Å². The molecule has 1 unspecified atom stereocenters. The van der Waals surface area contributed by atoms with Crippen molar-refractivity contribution in [3.8, 4) is 5.75 Å². The summed E-state index contributed by atoms with van der Waals surface area (Å²) in [4.78, 5) is 9.53. The largest absolute Gasteiger partial charge is 0.493 e. The van der Waals surface area contributed by atoms with Gasteiger partial charge in [0.05, 0.1) is 17.6 Å². The maximum Gasteiger partial charge on any atom is 0.305 e. The number of benzene rings is 1. The molecule has 6 heteroatoms. The Balaban J connectivity index is 2.63. The Morgan fingerprint density at radius 3 is 2.81 bits per heavy atom. The Bertz CT molecular complexity index is 381. The summed E-state index contributed by atoms with van der Waals surface area (Å²) in [5, 5.41) is 19.3. The predicted molar refractivity (Wildman–Crippen MR) is 54.8 cm³/mol. The zero-order chi connectivity index (χ0) is 12.1. The third kappa shape index (κ3) is 3.47. The average Bonchev–Trinajstić information content (AvgIpc) is 2.16. The lowest BCUT2D eigenvalue weighted by molar-refractivity contribution is -0.387. The van der Waals surface area contributed by atoms with Gasteiger partial charge in [0.15, 0.2) is 0 Å². The molecule has 0 aromatic heterocycles. The molecule has 0 saturated carbocycles. The first-order valence-corrected chi connectivity index (χ1v) is 4.75. The lowest BCUT2D eigenvalue weighted by Crippen LogP contribution is -2.07. The van der Waals surface area contributed by atoms with Crippen LogP contribution in [-0.2, 0) is 0 Å². The summed E-state index contributed by atoms with van der Waals surface area (Å²) in [5.74, 6) is -0.719. The van der Waals surface area contributed by atoms with E-state index in [0.717, 1.165) is 12.1 Å². The van der Waals surface area contributed by atoms with Crippen molar-refractivity contribution in [3.63, 3.8) is 0 Å². The molecule has 1 aromatic rings. The van der Waals surface area contributed by atoms with Crippen LogP contribution in [0.3, 0.4) is 0 Å². The van der Waals surface area contributed by atoms with E-state index in [1.54, 1.807) is 6.92 Å². The van der Waals surface area contributed by atoms with Gasteiger partial charge in [-0.15, -0.1) is 0 Å². The van der Waals surface area contributed by atoms with Gasteiger partial charge < -0.3 is 9.84 Å². The number of hydrogen-bond donors (Lipinski definition) is 1. The number of halogens is 1. The molecule has 0 amide bonds. The molecule has 0 aliphatic carbocycles. The van der Waals surface area contributed by atoms with Crippen LogP contribution in [0.15, 0.2) is 18.2 Å². The monoisotopic (exact) mass is 229 g/mol. The van der Waals surface area contributed by atoms with Crippen molar-refractivity contribution >= 4 is 5.69 Å².